The summed E-state index contributed by atoms with van der Waals surface area (Å²) in [6, 6.07) is 1.87. The van der Waals surface area contributed by atoms with Crippen LogP contribution in [-0.4, -0.2) is 48.6 Å². The van der Waals surface area contributed by atoms with Gasteiger partial charge >= 0.3 is 0 Å². The highest BCUT2D eigenvalue weighted by Crippen LogP contribution is 2.29. The minimum Gasteiger partial charge on any atom is -0.484 e. The van der Waals surface area contributed by atoms with Gasteiger partial charge in [0.05, 0.1) is 12.9 Å². The van der Waals surface area contributed by atoms with E-state index in [2.05, 4.69) is 4.98 Å². The minimum absolute atomic E-state index is 0.0466. The normalized spacial score (nSPS) is 17.7. The van der Waals surface area contributed by atoms with Crippen LogP contribution >= 0.6 is 0 Å². The summed E-state index contributed by atoms with van der Waals surface area (Å²) in [7, 11) is -3.67. The van der Waals surface area contributed by atoms with Crippen molar-refractivity contribution in [1.82, 2.24) is 4.98 Å². The van der Waals surface area contributed by atoms with Crippen molar-refractivity contribution in [1.29, 1.82) is 0 Å². The lowest BCUT2D eigenvalue weighted by atomic mass is 10.3. The van der Waals surface area contributed by atoms with Crippen molar-refractivity contribution in [3.8, 4) is 11.6 Å². The third-order valence-corrected chi connectivity index (χ3v) is 1.86. The fraction of sp³-hybridized carbons (Fsp3) is 0.500. The third kappa shape index (κ3) is 5.30. The van der Waals surface area contributed by atoms with Gasteiger partial charge in [0.25, 0.3) is 16.0 Å². The average Bonchev–Trinajstić information content (AvgIpc) is 2.26. The van der Waals surface area contributed by atoms with Gasteiger partial charge in [-0.25, -0.2) is 4.98 Å². The topological polar surface area (TPSA) is 106 Å². The molecule has 0 aliphatic carbocycles. The summed E-state index contributed by atoms with van der Waals surface area (Å²) in [6.45, 7) is 2.28. The van der Waals surface area contributed by atoms with Crippen LogP contribution in [0.1, 0.15) is 5.56 Å². The first kappa shape index (κ1) is 14.7. The molecule has 0 radical (unpaired) electrons. The Morgan fingerprint density at radius 2 is 2.17 bits per heavy atom. The van der Waals surface area contributed by atoms with Gasteiger partial charge in [0, 0.05) is 6.20 Å². The molecule has 0 aromatic carbocycles. The highest BCUT2D eigenvalue weighted by Gasteiger charge is 2.20. The van der Waals surface area contributed by atoms with Crippen molar-refractivity contribution in [2.45, 2.75) is 13.0 Å². The quantitative estimate of drug-likeness (QED) is 0.697. The van der Waals surface area contributed by atoms with Gasteiger partial charge in [-0.3, -0.25) is 4.55 Å². The second-order valence-electron chi connectivity index (χ2n) is 3.78. The molecule has 0 bridgehead atoms. The summed E-state index contributed by atoms with van der Waals surface area (Å²) in [5.41, 5.74) is 1.03. The van der Waals surface area contributed by atoms with E-state index in [9.17, 15) is 8.42 Å². The highest BCUT2D eigenvalue weighted by atomic mass is 32.2. The van der Waals surface area contributed by atoms with Gasteiger partial charge in [-0.15, -0.1) is 0 Å². The Bertz CT molecular complexity index is 493. The number of aliphatic hydroxyl groups is 1. The number of pyridine rings is 1. The number of aryl methyl sites for hydroxylation is 1. The zero-order valence-corrected chi connectivity index (χ0v) is 10.8. The monoisotopic (exact) mass is 277 g/mol. The van der Waals surface area contributed by atoms with Crippen LogP contribution < -0.4 is 9.47 Å². The molecule has 1 aromatic heterocycles. The molecule has 8 heteroatoms. The fourth-order valence-corrected chi connectivity index (χ4v) is 1.19. The van der Waals surface area contributed by atoms with E-state index in [1.54, 1.807) is 6.20 Å². The zero-order valence-electron chi connectivity index (χ0n) is 10.0. The molecule has 1 aromatic rings. The van der Waals surface area contributed by atoms with Crippen LogP contribution in [0.2, 0.25) is 0 Å². The molecule has 0 saturated heterocycles. The fourth-order valence-electron chi connectivity index (χ4n) is 1.19. The summed E-state index contributed by atoms with van der Waals surface area (Å²) in [6.07, 6.45) is 2.14. The second-order valence-corrected chi connectivity index (χ2v) is 5.25. The number of ether oxygens (including phenoxy) is 2. The molecule has 18 heavy (non-hydrogen) atoms. The molecule has 7 nitrogen and oxygen atoms in total. The van der Waals surface area contributed by atoms with Crippen LogP contribution in [0.25, 0.3) is 0 Å². The summed E-state index contributed by atoms with van der Waals surface area (Å²) >= 11 is 0. The first-order valence-electron chi connectivity index (χ1n) is 5.09. The number of hydrogen-bond acceptors (Lipinski definition) is 6. The van der Waals surface area contributed by atoms with Gasteiger partial charge in [0.2, 0.25) is 0 Å². The Labute approximate surface area is 105 Å². The van der Waals surface area contributed by atoms with E-state index < -0.39 is 10.1 Å². The average molecular weight is 277 g/mol. The zero-order chi connectivity index (χ0) is 13.8. The largest absolute Gasteiger partial charge is 0.484 e. The predicted molar refractivity (Wildman–Crippen MR) is 63.4 cm³/mol. The molecular weight excluding hydrogens is 262 g/mol. The lowest BCUT2D eigenvalue weighted by Crippen LogP contribution is -2.32. The van der Waals surface area contributed by atoms with E-state index in [0.29, 0.717) is 24.5 Å². The lowest BCUT2D eigenvalue weighted by molar-refractivity contribution is 0.0410. The van der Waals surface area contributed by atoms with Crippen LogP contribution in [0.5, 0.6) is 11.6 Å². The maximum Gasteiger partial charge on any atom is 0.261 e. The number of aliphatic hydroxyl groups excluding tert-OH is 1. The molecular formula is C10H15NO6S. The highest BCUT2D eigenvalue weighted by molar-refractivity contribution is 7.85. The molecule has 1 aliphatic heterocycles. The lowest BCUT2D eigenvalue weighted by Gasteiger charge is -2.23. The van der Waals surface area contributed by atoms with Gasteiger partial charge in [-0.2, -0.15) is 8.42 Å². The predicted octanol–water partition coefficient (Wildman–Crippen LogP) is 0.0261. The molecule has 0 spiro atoms. The van der Waals surface area contributed by atoms with Crippen molar-refractivity contribution < 1.29 is 27.6 Å². The van der Waals surface area contributed by atoms with Crippen LogP contribution in [-0.2, 0) is 10.1 Å². The Balaban J connectivity index is 0.000000280. The Hall–Kier alpha value is -1.38. The van der Waals surface area contributed by atoms with Crippen LogP contribution in [0, 0.1) is 6.92 Å². The SMILES string of the molecule is CS(=O)(=O)O.Cc1cnc2c(c1)OCC(CO)O2. The Morgan fingerprint density at radius 1 is 1.56 bits per heavy atom. The van der Waals surface area contributed by atoms with Gasteiger partial charge < -0.3 is 14.6 Å². The van der Waals surface area contributed by atoms with E-state index in [-0.39, 0.29) is 12.7 Å². The molecule has 1 aliphatic rings. The summed E-state index contributed by atoms with van der Waals surface area (Å²) in [5.74, 6) is 1.13. The van der Waals surface area contributed by atoms with Crippen molar-refractivity contribution in [3.05, 3.63) is 17.8 Å². The van der Waals surface area contributed by atoms with E-state index in [0.717, 1.165) is 5.56 Å². The van der Waals surface area contributed by atoms with Gasteiger partial charge in [-0.05, 0) is 18.6 Å². The number of aromatic nitrogens is 1. The number of rotatable bonds is 1. The van der Waals surface area contributed by atoms with E-state index in [1.807, 2.05) is 13.0 Å². The van der Waals surface area contributed by atoms with Gasteiger partial charge in [0.15, 0.2) is 11.9 Å². The molecule has 2 heterocycles. The standard InChI is InChI=1S/C9H11NO3.CH4O3S/c1-6-2-8-9(10-3-6)13-7(4-11)5-12-8;1-5(2,3)4/h2-3,7,11H,4-5H2,1H3;1H3,(H,2,3,4). The Kier molecular flexibility index (Phi) is 4.88. The first-order valence-corrected chi connectivity index (χ1v) is 6.94. The second kappa shape index (κ2) is 5.98. The van der Waals surface area contributed by atoms with E-state index in [1.165, 1.54) is 0 Å². The van der Waals surface area contributed by atoms with Crippen LogP contribution in [0.3, 0.4) is 0 Å². The van der Waals surface area contributed by atoms with E-state index in [4.69, 9.17) is 19.1 Å². The molecule has 1 atom stereocenters. The summed E-state index contributed by atoms with van der Waals surface area (Å²) in [4.78, 5) is 4.06. The Morgan fingerprint density at radius 3 is 2.72 bits per heavy atom. The van der Waals surface area contributed by atoms with Crippen molar-refractivity contribution in [3.63, 3.8) is 0 Å². The number of fused-ring (bicyclic) bond motifs is 1. The smallest absolute Gasteiger partial charge is 0.261 e. The van der Waals surface area contributed by atoms with Gasteiger partial charge in [0.1, 0.15) is 6.61 Å². The molecule has 0 amide bonds. The minimum atomic E-state index is -3.67. The first-order chi connectivity index (χ1) is 8.29. The molecule has 1 unspecified atom stereocenters. The van der Waals surface area contributed by atoms with Gasteiger partial charge in [-0.1, -0.05) is 0 Å². The maximum absolute atomic E-state index is 9.19. The van der Waals surface area contributed by atoms with E-state index >= 15 is 0 Å². The van der Waals surface area contributed by atoms with Crippen LogP contribution in [0.15, 0.2) is 12.3 Å². The van der Waals surface area contributed by atoms with Crippen molar-refractivity contribution in [2.75, 3.05) is 19.5 Å². The van der Waals surface area contributed by atoms with Crippen molar-refractivity contribution in [2.24, 2.45) is 0 Å². The molecule has 2 N–H and O–H groups in total. The molecule has 2 rings (SSSR count). The van der Waals surface area contributed by atoms with Crippen LogP contribution in [0.4, 0.5) is 0 Å². The number of nitrogens with zero attached hydrogens (tertiary/aromatic N) is 1. The summed E-state index contributed by atoms with van der Waals surface area (Å²) in [5, 5.41) is 8.84. The third-order valence-electron chi connectivity index (χ3n) is 1.86. The maximum atomic E-state index is 9.19. The number of hydrogen-bond donors (Lipinski definition) is 2. The molecule has 0 fully saturated rings. The molecule has 102 valence electrons. The van der Waals surface area contributed by atoms with Crippen molar-refractivity contribution >= 4 is 10.1 Å². The summed E-state index contributed by atoms with van der Waals surface area (Å²) < 4.78 is 36.6. The molecule has 0 saturated carbocycles.